The zero-order valence-corrected chi connectivity index (χ0v) is 15.8. The Labute approximate surface area is 162 Å². The summed E-state index contributed by atoms with van der Waals surface area (Å²) in [4.78, 5) is 37.1. The van der Waals surface area contributed by atoms with Gasteiger partial charge in [0.25, 0.3) is 0 Å². The Morgan fingerprint density at radius 3 is 2.33 bits per heavy atom. The van der Waals surface area contributed by atoms with Gasteiger partial charge in [0.15, 0.2) is 0 Å². The second-order valence-electron chi connectivity index (χ2n) is 6.74. The van der Waals surface area contributed by atoms with Crippen LogP contribution in [0, 0.1) is 0 Å². The maximum absolute atomic E-state index is 12.1. The summed E-state index contributed by atoms with van der Waals surface area (Å²) in [6, 6.07) is 12.9. The van der Waals surface area contributed by atoms with Gasteiger partial charge < -0.3 is 16.0 Å². The van der Waals surface area contributed by atoms with Crippen molar-refractivity contribution in [2.45, 2.75) is 31.1 Å². The summed E-state index contributed by atoms with van der Waals surface area (Å²) in [5, 5.41) is 9.83. The van der Waals surface area contributed by atoms with E-state index in [1.54, 1.807) is 35.6 Å². The minimum atomic E-state index is -0.831. The first-order chi connectivity index (χ1) is 13.1. The number of anilines is 1. The van der Waals surface area contributed by atoms with Gasteiger partial charge in [-0.05, 0) is 36.4 Å². The van der Waals surface area contributed by atoms with Crippen LogP contribution in [0.2, 0.25) is 0 Å². The first kappa shape index (κ1) is 19.1. The molecule has 6 nitrogen and oxygen atoms in total. The topological polar surface area (TPSA) is 87.3 Å². The van der Waals surface area contributed by atoms with E-state index in [1.807, 2.05) is 12.1 Å². The lowest BCUT2D eigenvalue weighted by Crippen LogP contribution is -2.45. The van der Waals surface area contributed by atoms with Gasteiger partial charge in [-0.1, -0.05) is 37.1 Å². The highest BCUT2D eigenvalue weighted by molar-refractivity contribution is 7.10. The second kappa shape index (κ2) is 8.81. The van der Waals surface area contributed by atoms with Gasteiger partial charge in [-0.2, -0.15) is 0 Å². The summed E-state index contributed by atoms with van der Waals surface area (Å²) in [7, 11) is 0. The Hall–Kier alpha value is -2.67. The predicted octanol–water partition coefficient (Wildman–Crippen LogP) is 2.43. The van der Waals surface area contributed by atoms with Crippen molar-refractivity contribution in [1.29, 1.82) is 0 Å². The lowest BCUT2D eigenvalue weighted by molar-refractivity contribution is -0.136. The molecule has 0 saturated heterocycles. The molecule has 1 aromatic heterocycles. The van der Waals surface area contributed by atoms with Gasteiger partial charge in [0.05, 0.1) is 6.54 Å². The number of hydrogen-bond donors (Lipinski definition) is 3. The van der Waals surface area contributed by atoms with Crippen LogP contribution in [0.1, 0.15) is 30.6 Å². The Morgan fingerprint density at radius 2 is 1.67 bits per heavy atom. The number of hydrogen-bond acceptors (Lipinski definition) is 4. The van der Waals surface area contributed by atoms with Crippen LogP contribution < -0.4 is 16.0 Å². The third-order valence-electron chi connectivity index (χ3n) is 4.88. The van der Waals surface area contributed by atoms with E-state index in [4.69, 9.17) is 0 Å². The van der Waals surface area contributed by atoms with Crippen LogP contribution in [-0.4, -0.2) is 30.8 Å². The molecule has 7 heteroatoms. The van der Waals surface area contributed by atoms with Crippen molar-refractivity contribution >= 4 is 34.7 Å². The minimum absolute atomic E-state index is 0.00147. The third kappa shape index (κ3) is 4.95. The summed E-state index contributed by atoms with van der Waals surface area (Å²) in [6.07, 6.45) is 4.42. The Morgan fingerprint density at radius 1 is 0.926 bits per heavy atom. The van der Waals surface area contributed by atoms with E-state index in [2.05, 4.69) is 27.4 Å². The van der Waals surface area contributed by atoms with Crippen LogP contribution in [0.4, 0.5) is 5.69 Å². The van der Waals surface area contributed by atoms with Crippen LogP contribution in [0.15, 0.2) is 47.8 Å². The number of nitrogens with one attached hydrogen (secondary N) is 3. The average molecular weight is 385 g/mol. The third-order valence-corrected chi connectivity index (χ3v) is 5.99. The molecule has 0 unspecified atom stereocenters. The molecule has 3 amide bonds. The summed E-state index contributed by atoms with van der Waals surface area (Å²) < 4.78 is 0. The van der Waals surface area contributed by atoms with E-state index in [9.17, 15) is 14.4 Å². The molecule has 1 aliphatic rings. The van der Waals surface area contributed by atoms with E-state index >= 15 is 0 Å². The summed E-state index contributed by atoms with van der Waals surface area (Å²) in [6.45, 7) is 0.333. The number of carbonyl (C=O) groups is 3. The van der Waals surface area contributed by atoms with E-state index in [0.29, 0.717) is 12.2 Å². The van der Waals surface area contributed by atoms with Crippen LogP contribution in [0.3, 0.4) is 0 Å². The van der Waals surface area contributed by atoms with Crippen LogP contribution >= 0.6 is 11.3 Å². The Kier molecular flexibility index (Phi) is 6.24. The minimum Gasteiger partial charge on any atom is -0.354 e. The normalized spacial score (nSPS) is 15.1. The number of thiophene rings is 1. The fourth-order valence-electron chi connectivity index (χ4n) is 3.42. The average Bonchev–Trinajstić information content (AvgIpc) is 3.37. The van der Waals surface area contributed by atoms with Crippen molar-refractivity contribution in [1.82, 2.24) is 10.6 Å². The van der Waals surface area contributed by atoms with Gasteiger partial charge in [0.2, 0.25) is 5.91 Å². The quantitative estimate of drug-likeness (QED) is 0.668. The molecule has 27 heavy (non-hydrogen) atoms. The molecule has 3 rings (SSSR count). The first-order valence-electron chi connectivity index (χ1n) is 9.04. The summed E-state index contributed by atoms with van der Waals surface area (Å²) >= 11 is 1.72. The fraction of sp³-hybridized carbons (Fsp3) is 0.350. The molecule has 2 aromatic rings. The van der Waals surface area contributed by atoms with Crippen molar-refractivity contribution in [3.05, 3.63) is 52.7 Å². The molecule has 0 atom stereocenters. The smallest absolute Gasteiger partial charge is 0.313 e. The number of carbonyl (C=O) groups excluding carboxylic acids is 3. The summed E-state index contributed by atoms with van der Waals surface area (Å²) in [5.74, 6) is -1.92. The molecule has 142 valence electrons. The molecule has 0 bridgehead atoms. The number of rotatable bonds is 6. The molecule has 3 N–H and O–H groups in total. The van der Waals surface area contributed by atoms with Crippen molar-refractivity contribution in [3.63, 3.8) is 0 Å². The monoisotopic (exact) mass is 385 g/mol. The highest BCUT2D eigenvalue weighted by Gasteiger charge is 2.36. The molecule has 1 fully saturated rings. The fourth-order valence-corrected chi connectivity index (χ4v) is 4.41. The largest absolute Gasteiger partial charge is 0.354 e. The zero-order valence-electron chi connectivity index (χ0n) is 15.0. The lowest BCUT2D eigenvalue weighted by atomic mass is 9.84. The Balaban J connectivity index is 1.45. The van der Waals surface area contributed by atoms with Crippen LogP contribution in [0.5, 0.6) is 0 Å². The van der Waals surface area contributed by atoms with Gasteiger partial charge in [-0.3, -0.25) is 14.4 Å². The summed E-state index contributed by atoms with van der Waals surface area (Å²) in [5.41, 5.74) is 0.527. The molecule has 1 aliphatic carbocycles. The van der Waals surface area contributed by atoms with Crippen LogP contribution in [-0.2, 0) is 19.8 Å². The van der Waals surface area contributed by atoms with E-state index in [1.165, 1.54) is 4.88 Å². The number of amides is 3. The molecule has 1 heterocycles. The predicted molar refractivity (Wildman–Crippen MR) is 106 cm³/mol. The van der Waals surface area contributed by atoms with Gasteiger partial charge in [-0.25, -0.2) is 0 Å². The zero-order chi connectivity index (χ0) is 19.1. The van der Waals surface area contributed by atoms with Crippen molar-refractivity contribution in [2.75, 3.05) is 18.4 Å². The highest BCUT2D eigenvalue weighted by Crippen LogP contribution is 2.42. The van der Waals surface area contributed by atoms with Gasteiger partial charge in [0.1, 0.15) is 0 Å². The van der Waals surface area contributed by atoms with Crippen molar-refractivity contribution in [3.8, 4) is 0 Å². The maximum atomic E-state index is 12.1. The SMILES string of the molecule is O=C(CNC(=O)C(=O)Nc1ccccc1)NCC1(c2cccs2)CCCC1. The molecular formula is C20H23N3O3S. The molecule has 0 aliphatic heterocycles. The first-order valence-corrected chi connectivity index (χ1v) is 9.92. The van der Waals surface area contributed by atoms with E-state index < -0.39 is 11.8 Å². The van der Waals surface area contributed by atoms with Gasteiger partial charge in [-0.15, -0.1) is 11.3 Å². The standard InChI is InChI=1S/C20H23N3O3S/c24-17(13-21-18(25)19(26)23-15-7-2-1-3-8-15)22-14-20(10-4-5-11-20)16-9-6-12-27-16/h1-3,6-9,12H,4-5,10-11,13-14H2,(H,21,25)(H,22,24)(H,23,26). The van der Waals surface area contributed by atoms with Crippen LogP contribution in [0.25, 0.3) is 0 Å². The van der Waals surface area contributed by atoms with Gasteiger partial charge in [0, 0.05) is 22.5 Å². The second-order valence-corrected chi connectivity index (χ2v) is 7.69. The number of benzene rings is 1. The maximum Gasteiger partial charge on any atom is 0.313 e. The molecule has 0 radical (unpaired) electrons. The molecule has 1 aromatic carbocycles. The van der Waals surface area contributed by atoms with E-state index in [-0.39, 0.29) is 17.9 Å². The van der Waals surface area contributed by atoms with Crippen molar-refractivity contribution in [2.24, 2.45) is 0 Å². The van der Waals surface area contributed by atoms with Gasteiger partial charge >= 0.3 is 11.8 Å². The lowest BCUT2D eigenvalue weighted by Gasteiger charge is -2.28. The van der Waals surface area contributed by atoms with E-state index in [0.717, 1.165) is 25.7 Å². The molecule has 1 saturated carbocycles. The van der Waals surface area contributed by atoms with Crippen molar-refractivity contribution < 1.29 is 14.4 Å². The Bertz CT molecular complexity index is 784. The molecular weight excluding hydrogens is 362 g/mol. The number of para-hydroxylation sites is 1. The molecule has 0 spiro atoms. The highest BCUT2D eigenvalue weighted by atomic mass is 32.1.